The first-order chi connectivity index (χ1) is 9.94. The van der Waals surface area contributed by atoms with Crippen molar-refractivity contribution in [2.45, 2.75) is 19.5 Å². The van der Waals surface area contributed by atoms with Crippen LogP contribution in [0.25, 0.3) is 10.9 Å². The van der Waals surface area contributed by atoms with Gasteiger partial charge in [-0.25, -0.2) is 10.8 Å². The van der Waals surface area contributed by atoms with Gasteiger partial charge >= 0.3 is 6.18 Å². The summed E-state index contributed by atoms with van der Waals surface area (Å²) in [4.78, 5) is 9.44. The lowest BCUT2D eigenvalue weighted by Crippen LogP contribution is -2.35. The van der Waals surface area contributed by atoms with Crippen molar-refractivity contribution < 1.29 is 13.2 Å². The predicted molar refractivity (Wildman–Crippen MR) is 75.9 cm³/mol. The predicted octanol–water partition coefficient (Wildman–Crippen LogP) is 2.69. The second kappa shape index (κ2) is 6.13. The summed E-state index contributed by atoms with van der Waals surface area (Å²) < 4.78 is 38.3. The molecule has 2 aromatic rings. The average molecular weight is 299 g/mol. The third-order valence-corrected chi connectivity index (χ3v) is 2.88. The summed E-state index contributed by atoms with van der Waals surface area (Å²) in [5.41, 5.74) is 2.83. The van der Waals surface area contributed by atoms with Crippen molar-refractivity contribution in [1.82, 2.24) is 9.97 Å². The molecule has 114 valence electrons. The van der Waals surface area contributed by atoms with Crippen LogP contribution in [0.4, 0.5) is 24.9 Å². The smallest absolute Gasteiger partial charge is 0.347 e. The standard InChI is InChI=1S/C13H16F3N5/c1-2-7-21(8-13(14,15)16)11-9-5-3-4-6-10(9)18-12(19-11)20-17/h3-6H,2,7-8,17H2,1H3,(H,18,19,20). The molecule has 0 saturated heterocycles. The second-order valence-corrected chi connectivity index (χ2v) is 4.57. The minimum atomic E-state index is -4.31. The Morgan fingerprint density at radius 2 is 1.95 bits per heavy atom. The number of aromatic nitrogens is 2. The van der Waals surface area contributed by atoms with E-state index in [0.717, 1.165) is 0 Å². The molecule has 0 amide bonds. The van der Waals surface area contributed by atoms with Crippen molar-refractivity contribution in [3.05, 3.63) is 24.3 Å². The van der Waals surface area contributed by atoms with Crippen LogP contribution in [0, 0.1) is 0 Å². The van der Waals surface area contributed by atoms with E-state index in [4.69, 9.17) is 5.84 Å². The van der Waals surface area contributed by atoms with Crippen LogP contribution in [0.15, 0.2) is 24.3 Å². The van der Waals surface area contributed by atoms with Gasteiger partial charge in [0.05, 0.1) is 5.52 Å². The number of nitrogens with one attached hydrogen (secondary N) is 1. The maximum atomic E-state index is 12.8. The molecule has 0 aliphatic heterocycles. The molecule has 0 radical (unpaired) electrons. The molecule has 0 saturated carbocycles. The average Bonchev–Trinajstić information content (AvgIpc) is 2.44. The van der Waals surface area contributed by atoms with Gasteiger partial charge in [0, 0.05) is 11.9 Å². The van der Waals surface area contributed by atoms with E-state index in [1.807, 2.05) is 6.92 Å². The van der Waals surface area contributed by atoms with E-state index in [0.29, 0.717) is 17.3 Å². The van der Waals surface area contributed by atoms with Gasteiger partial charge in [0.1, 0.15) is 12.4 Å². The van der Waals surface area contributed by atoms with E-state index in [1.165, 1.54) is 4.90 Å². The minimum Gasteiger partial charge on any atom is -0.347 e. The first-order valence-corrected chi connectivity index (χ1v) is 6.49. The lowest BCUT2D eigenvalue weighted by molar-refractivity contribution is -0.119. The molecule has 1 aromatic carbocycles. The Labute approximate surface area is 119 Å². The van der Waals surface area contributed by atoms with E-state index in [1.54, 1.807) is 24.3 Å². The van der Waals surface area contributed by atoms with Gasteiger partial charge in [-0.3, -0.25) is 5.43 Å². The zero-order valence-corrected chi connectivity index (χ0v) is 11.5. The van der Waals surface area contributed by atoms with Crippen LogP contribution in [0.3, 0.4) is 0 Å². The molecule has 0 aliphatic carbocycles. The highest BCUT2D eigenvalue weighted by atomic mass is 19.4. The number of hydrogen-bond acceptors (Lipinski definition) is 5. The van der Waals surface area contributed by atoms with Crippen LogP contribution in [0.1, 0.15) is 13.3 Å². The maximum Gasteiger partial charge on any atom is 0.405 e. The molecule has 21 heavy (non-hydrogen) atoms. The van der Waals surface area contributed by atoms with E-state index in [-0.39, 0.29) is 18.3 Å². The molecule has 0 spiro atoms. The first-order valence-electron chi connectivity index (χ1n) is 6.49. The Morgan fingerprint density at radius 1 is 1.24 bits per heavy atom. The highest BCUT2D eigenvalue weighted by Crippen LogP contribution is 2.28. The molecule has 3 N–H and O–H groups in total. The number of para-hydroxylation sites is 1. The Bertz CT molecular complexity index is 614. The normalized spacial score (nSPS) is 11.7. The number of nitrogens with two attached hydrogens (primary N) is 1. The van der Waals surface area contributed by atoms with Gasteiger partial charge in [-0.1, -0.05) is 19.1 Å². The van der Waals surface area contributed by atoms with Crippen molar-refractivity contribution in [1.29, 1.82) is 0 Å². The molecule has 1 heterocycles. The summed E-state index contributed by atoms with van der Waals surface area (Å²) in [5, 5.41) is 0.564. The number of hydrogen-bond donors (Lipinski definition) is 2. The number of fused-ring (bicyclic) bond motifs is 1. The SMILES string of the molecule is CCCN(CC(F)(F)F)c1nc(NN)nc2ccccc12. The first kappa shape index (κ1) is 15.3. The number of hydrazine groups is 1. The van der Waals surface area contributed by atoms with Gasteiger partial charge in [0.15, 0.2) is 0 Å². The molecule has 1 aromatic heterocycles. The van der Waals surface area contributed by atoms with Crippen LogP contribution >= 0.6 is 0 Å². The van der Waals surface area contributed by atoms with Crippen LogP contribution in [0.5, 0.6) is 0 Å². The second-order valence-electron chi connectivity index (χ2n) is 4.57. The van der Waals surface area contributed by atoms with Crippen LogP contribution in [0.2, 0.25) is 0 Å². The molecule has 5 nitrogen and oxygen atoms in total. The number of anilines is 2. The molecule has 0 fully saturated rings. The number of benzene rings is 1. The van der Waals surface area contributed by atoms with Crippen LogP contribution < -0.4 is 16.2 Å². The lowest BCUT2D eigenvalue weighted by Gasteiger charge is -2.25. The third kappa shape index (κ3) is 3.72. The zero-order chi connectivity index (χ0) is 15.5. The van der Waals surface area contributed by atoms with Crippen molar-refractivity contribution >= 4 is 22.7 Å². The van der Waals surface area contributed by atoms with Gasteiger partial charge in [-0.2, -0.15) is 18.2 Å². The van der Waals surface area contributed by atoms with Crippen molar-refractivity contribution in [3.63, 3.8) is 0 Å². The number of halogens is 3. The van der Waals surface area contributed by atoms with Gasteiger partial charge in [0.2, 0.25) is 5.95 Å². The molecular weight excluding hydrogens is 283 g/mol. The van der Waals surface area contributed by atoms with Gasteiger partial charge in [0.25, 0.3) is 0 Å². The van der Waals surface area contributed by atoms with E-state index in [9.17, 15) is 13.2 Å². The van der Waals surface area contributed by atoms with Gasteiger partial charge in [-0.15, -0.1) is 0 Å². The molecule has 0 bridgehead atoms. The summed E-state index contributed by atoms with van der Waals surface area (Å²) in [6, 6.07) is 6.90. The Hall–Kier alpha value is -2.09. The van der Waals surface area contributed by atoms with E-state index >= 15 is 0 Å². The molecular formula is C13H16F3N5. The van der Waals surface area contributed by atoms with Gasteiger partial charge < -0.3 is 4.90 Å². The van der Waals surface area contributed by atoms with E-state index in [2.05, 4.69) is 15.4 Å². The topological polar surface area (TPSA) is 67.1 Å². The van der Waals surface area contributed by atoms with Crippen molar-refractivity contribution in [2.24, 2.45) is 5.84 Å². The van der Waals surface area contributed by atoms with Crippen LogP contribution in [-0.2, 0) is 0 Å². The number of rotatable bonds is 5. The summed E-state index contributed by atoms with van der Waals surface area (Å²) in [6.45, 7) is 0.991. The fraction of sp³-hybridized carbons (Fsp3) is 0.385. The minimum absolute atomic E-state index is 0.0898. The van der Waals surface area contributed by atoms with Crippen molar-refractivity contribution in [2.75, 3.05) is 23.4 Å². The number of nitrogen functional groups attached to an aromatic ring is 1. The van der Waals surface area contributed by atoms with Crippen molar-refractivity contribution in [3.8, 4) is 0 Å². The molecule has 0 aliphatic rings. The largest absolute Gasteiger partial charge is 0.405 e. The fourth-order valence-electron chi connectivity index (χ4n) is 2.11. The number of nitrogens with zero attached hydrogens (tertiary/aromatic N) is 3. The third-order valence-electron chi connectivity index (χ3n) is 2.88. The zero-order valence-electron chi connectivity index (χ0n) is 11.5. The monoisotopic (exact) mass is 299 g/mol. The Kier molecular flexibility index (Phi) is 4.46. The summed E-state index contributed by atoms with van der Waals surface area (Å²) in [5.74, 6) is 5.61. The maximum absolute atomic E-state index is 12.8. The molecule has 0 atom stereocenters. The quantitative estimate of drug-likeness (QED) is 0.656. The highest BCUT2D eigenvalue weighted by Gasteiger charge is 2.32. The highest BCUT2D eigenvalue weighted by molar-refractivity contribution is 5.90. The summed E-state index contributed by atoms with van der Waals surface area (Å²) in [7, 11) is 0. The van der Waals surface area contributed by atoms with E-state index < -0.39 is 12.7 Å². The lowest BCUT2D eigenvalue weighted by atomic mass is 10.2. The number of alkyl halides is 3. The molecule has 8 heteroatoms. The fourth-order valence-corrected chi connectivity index (χ4v) is 2.11. The van der Waals surface area contributed by atoms with Gasteiger partial charge in [-0.05, 0) is 18.6 Å². The molecule has 0 unspecified atom stereocenters. The summed E-state index contributed by atoms with van der Waals surface area (Å²) in [6.07, 6.45) is -3.74. The summed E-state index contributed by atoms with van der Waals surface area (Å²) >= 11 is 0. The Balaban J connectivity index is 2.54. The Morgan fingerprint density at radius 3 is 2.57 bits per heavy atom. The molecule has 2 rings (SSSR count). The van der Waals surface area contributed by atoms with Crippen LogP contribution in [-0.4, -0.2) is 29.2 Å².